The third-order valence-corrected chi connectivity index (χ3v) is 5.86. The van der Waals surface area contributed by atoms with Crippen molar-refractivity contribution in [2.24, 2.45) is 5.41 Å². The average molecular weight is 348 g/mol. The number of hydrogen-bond donors (Lipinski definition) is 1. The van der Waals surface area contributed by atoms with E-state index in [1.807, 2.05) is 5.38 Å². The molecule has 0 radical (unpaired) electrons. The van der Waals surface area contributed by atoms with Crippen molar-refractivity contribution in [3.63, 3.8) is 0 Å². The summed E-state index contributed by atoms with van der Waals surface area (Å²) < 4.78 is 39.3. The van der Waals surface area contributed by atoms with E-state index in [-0.39, 0.29) is 38.3 Å². The van der Waals surface area contributed by atoms with Crippen molar-refractivity contribution in [1.82, 2.24) is 9.88 Å². The Bertz CT molecular complexity index is 576. The average Bonchev–Trinajstić information content (AvgIpc) is 3.26. The van der Waals surface area contributed by atoms with Gasteiger partial charge in [0.2, 0.25) is 5.91 Å². The highest BCUT2D eigenvalue weighted by Crippen LogP contribution is 2.46. The predicted molar refractivity (Wildman–Crippen MR) is 79.2 cm³/mol. The molecule has 23 heavy (non-hydrogen) atoms. The molecular formula is C15H19F3N2O2S. The van der Waals surface area contributed by atoms with Gasteiger partial charge in [0.25, 0.3) is 0 Å². The van der Waals surface area contributed by atoms with Crippen molar-refractivity contribution >= 4 is 17.2 Å². The lowest BCUT2D eigenvalue weighted by molar-refractivity contribution is -0.248. The zero-order valence-electron chi connectivity index (χ0n) is 12.6. The van der Waals surface area contributed by atoms with Crippen LogP contribution in [-0.4, -0.2) is 46.8 Å². The van der Waals surface area contributed by atoms with E-state index in [0.717, 1.165) is 17.8 Å². The van der Waals surface area contributed by atoms with E-state index >= 15 is 0 Å². The third-order valence-electron chi connectivity index (χ3n) is 4.81. The number of aliphatic hydroxyl groups is 1. The highest BCUT2D eigenvalue weighted by Gasteiger charge is 2.55. The second-order valence-electron chi connectivity index (χ2n) is 6.45. The first-order valence-electron chi connectivity index (χ1n) is 7.74. The summed E-state index contributed by atoms with van der Waals surface area (Å²) >= 11 is 1.55. The second-order valence-corrected chi connectivity index (χ2v) is 7.33. The van der Waals surface area contributed by atoms with Gasteiger partial charge in [-0.25, -0.2) is 4.98 Å². The molecule has 0 spiro atoms. The van der Waals surface area contributed by atoms with Crippen LogP contribution in [0.5, 0.6) is 0 Å². The number of alkyl halides is 3. The number of piperidine rings is 1. The minimum Gasteiger partial charge on any atom is -0.395 e. The van der Waals surface area contributed by atoms with E-state index in [0.29, 0.717) is 11.6 Å². The zero-order valence-corrected chi connectivity index (χ0v) is 13.4. The Hall–Kier alpha value is -1.15. The largest absolute Gasteiger partial charge is 0.396 e. The summed E-state index contributed by atoms with van der Waals surface area (Å²) in [6.45, 7) is -0.869. The minimum absolute atomic E-state index is 0.0263. The number of carbonyl (C=O) groups is 1. The Kier molecular flexibility index (Phi) is 4.39. The van der Waals surface area contributed by atoms with E-state index in [1.165, 1.54) is 4.90 Å². The molecule has 1 aliphatic heterocycles. The molecule has 8 heteroatoms. The first kappa shape index (κ1) is 16.7. The van der Waals surface area contributed by atoms with Gasteiger partial charge in [0.15, 0.2) is 0 Å². The second kappa shape index (κ2) is 6.05. The fraction of sp³-hybridized carbons (Fsp3) is 0.733. The molecule has 2 heterocycles. The van der Waals surface area contributed by atoms with Gasteiger partial charge in [-0.3, -0.25) is 4.79 Å². The normalized spacial score (nSPS) is 21.5. The van der Waals surface area contributed by atoms with Crippen LogP contribution < -0.4 is 0 Å². The van der Waals surface area contributed by atoms with Crippen molar-refractivity contribution in [3.05, 3.63) is 16.1 Å². The number of carbonyl (C=O) groups excluding carboxylic acids is 1. The maximum absolute atomic E-state index is 13.1. The van der Waals surface area contributed by atoms with Crippen molar-refractivity contribution in [2.75, 3.05) is 19.7 Å². The van der Waals surface area contributed by atoms with Crippen molar-refractivity contribution < 1.29 is 23.1 Å². The Morgan fingerprint density at radius 1 is 1.39 bits per heavy atom. The van der Waals surface area contributed by atoms with Gasteiger partial charge >= 0.3 is 6.18 Å². The first-order chi connectivity index (χ1) is 10.8. The summed E-state index contributed by atoms with van der Waals surface area (Å²) in [7, 11) is 0. The number of aromatic nitrogens is 1. The fourth-order valence-corrected chi connectivity index (χ4v) is 3.89. The van der Waals surface area contributed by atoms with E-state index < -0.39 is 18.2 Å². The molecule has 0 aromatic carbocycles. The van der Waals surface area contributed by atoms with E-state index in [1.54, 1.807) is 11.3 Å². The molecule has 1 aromatic rings. The van der Waals surface area contributed by atoms with E-state index in [2.05, 4.69) is 4.98 Å². The molecule has 1 aromatic heterocycles. The van der Waals surface area contributed by atoms with Crippen molar-refractivity contribution in [3.8, 4) is 0 Å². The van der Waals surface area contributed by atoms with Crippen LogP contribution in [0.25, 0.3) is 0 Å². The monoisotopic (exact) mass is 348 g/mol. The summed E-state index contributed by atoms with van der Waals surface area (Å²) in [6, 6.07) is 0. The molecule has 1 saturated heterocycles. The molecule has 0 atom stereocenters. The molecule has 3 rings (SSSR count). The number of nitrogens with zero attached hydrogens (tertiary/aromatic N) is 2. The maximum atomic E-state index is 13.1. The smallest absolute Gasteiger partial charge is 0.395 e. The number of hydrogen-bond acceptors (Lipinski definition) is 4. The van der Waals surface area contributed by atoms with Crippen LogP contribution in [0.1, 0.15) is 42.3 Å². The van der Waals surface area contributed by atoms with Crippen LogP contribution >= 0.6 is 11.3 Å². The Balaban J connectivity index is 1.57. The maximum Gasteiger partial charge on any atom is 0.396 e. The van der Waals surface area contributed by atoms with Gasteiger partial charge < -0.3 is 10.0 Å². The van der Waals surface area contributed by atoms with Crippen LogP contribution in [0, 0.1) is 5.41 Å². The number of amides is 1. The zero-order chi connectivity index (χ0) is 16.7. The number of rotatable bonds is 4. The highest BCUT2D eigenvalue weighted by molar-refractivity contribution is 7.09. The van der Waals surface area contributed by atoms with Crippen LogP contribution in [0.2, 0.25) is 0 Å². The Labute approximate surface area is 136 Å². The minimum atomic E-state index is -4.44. The molecule has 1 amide bonds. The summed E-state index contributed by atoms with van der Waals surface area (Å²) in [6.07, 6.45) is -2.50. The van der Waals surface area contributed by atoms with E-state index in [9.17, 15) is 18.0 Å². The number of halogens is 3. The van der Waals surface area contributed by atoms with Gasteiger partial charge in [0.05, 0.1) is 29.1 Å². The van der Waals surface area contributed by atoms with Crippen LogP contribution in [0.4, 0.5) is 13.2 Å². The Morgan fingerprint density at radius 3 is 2.57 bits per heavy atom. The van der Waals surface area contributed by atoms with Gasteiger partial charge in [0.1, 0.15) is 0 Å². The fourth-order valence-electron chi connectivity index (χ4n) is 2.90. The van der Waals surface area contributed by atoms with Crippen LogP contribution in [0.15, 0.2) is 5.38 Å². The van der Waals surface area contributed by atoms with Gasteiger partial charge in [-0.2, -0.15) is 13.2 Å². The molecule has 2 fully saturated rings. The molecular weight excluding hydrogens is 329 g/mol. The predicted octanol–water partition coefficient (Wildman–Crippen LogP) is 2.73. The highest BCUT2D eigenvalue weighted by atomic mass is 32.1. The van der Waals surface area contributed by atoms with Gasteiger partial charge in [-0.05, 0) is 25.7 Å². The molecule has 4 nitrogen and oxygen atoms in total. The molecule has 0 bridgehead atoms. The molecule has 1 N–H and O–H groups in total. The molecule has 2 aliphatic rings. The Morgan fingerprint density at radius 2 is 2.04 bits per heavy atom. The van der Waals surface area contributed by atoms with Crippen LogP contribution in [0.3, 0.4) is 0 Å². The molecule has 1 aliphatic carbocycles. The standard InChI is InChI=1S/C15H19F3N2O2S/c16-15(17,18)14(9-21)3-5-20(6-4-14)12(22)7-11-8-23-13(19-11)10-1-2-10/h8,10,21H,1-7,9H2. The quantitative estimate of drug-likeness (QED) is 0.910. The first-order valence-corrected chi connectivity index (χ1v) is 8.62. The summed E-state index contributed by atoms with van der Waals surface area (Å²) in [4.78, 5) is 18.2. The molecule has 0 unspecified atom stereocenters. The van der Waals surface area contributed by atoms with E-state index in [4.69, 9.17) is 5.11 Å². The van der Waals surface area contributed by atoms with Gasteiger partial charge in [0, 0.05) is 24.4 Å². The van der Waals surface area contributed by atoms with Crippen LogP contribution in [-0.2, 0) is 11.2 Å². The van der Waals surface area contributed by atoms with Gasteiger partial charge in [-0.1, -0.05) is 0 Å². The number of aliphatic hydroxyl groups excluding tert-OH is 1. The van der Waals surface area contributed by atoms with Crippen molar-refractivity contribution in [1.29, 1.82) is 0 Å². The third kappa shape index (κ3) is 3.38. The summed E-state index contributed by atoms with van der Waals surface area (Å²) in [5.41, 5.74) is -1.36. The lowest BCUT2D eigenvalue weighted by Gasteiger charge is -2.41. The van der Waals surface area contributed by atoms with Crippen molar-refractivity contribution in [2.45, 2.75) is 44.2 Å². The SMILES string of the molecule is O=C(Cc1csc(C2CC2)n1)N1CCC(CO)(C(F)(F)F)CC1. The molecule has 1 saturated carbocycles. The summed E-state index contributed by atoms with van der Waals surface area (Å²) in [5.74, 6) is 0.349. The van der Waals surface area contributed by atoms with Gasteiger partial charge in [-0.15, -0.1) is 11.3 Å². The molecule has 128 valence electrons. The lowest BCUT2D eigenvalue weighted by atomic mass is 9.78. The number of thiazole rings is 1. The number of likely N-dealkylation sites (tertiary alicyclic amines) is 1. The summed E-state index contributed by atoms with van der Waals surface area (Å²) in [5, 5.41) is 12.1. The topological polar surface area (TPSA) is 53.4 Å². The lowest BCUT2D eigenvalue weighted by Crippen LogP contribution is -2.51.